The summed E-state index contributed by atoms with van der Waals surface area (Å²) in [7, 11) is 0. The molecule has 1 aromatic rings. The number of rotatable bonds is 3. The Balaban J connectivity index is 3.02. The van der Waals surface area contributed by atoms with Gasteiger partial charge < -0.3 is 0 Å². The van der Waals surface area contributed by atoms with E-state index in [4.69, 9.17) is 0 Å². The molecule has 0 saturated heterocycles. The Morgan fingerprint density at radius 2 is 2.25 bits per heavy atom. The Morgan fingerprint density at radius 3 is 2.83 bits per heavy atom. The fourth-order valence-electron chi connectivity index (χ4n) is 1.11. The average molecular weight is 185 g/mol. The molecule has 0 unspecified atom stereocenters. The Labute approximate surface area is 76.4 Å². The largest absolute Gasteiger partial charge is 0.261 e. The molecular weight excluding hydrogens is 173 g/mol. The molecule has 0 atom stereocenters. The minimum Gasteiger partial charge on any atom is -0.261 e. The minimum absolute atomic E-state index is 0.177. The van der Waals surface area contributed by atoms with Gasteiger partial charge in [-0.25, -0.2) is 4.39 Å². The van der Waals surface area contributed by atoms with Crippen molar-refractivity contribution in [2.24, 2.45) is 0 Å². The van der Waals surface area contributed by atoms with Gasteiger partial charge in [0.1, 0.15) is 5.82 Å². The zero-order chi connectivity index (χ0) is 8.97. The molecule has 12 heavy (non-hydrogen) atoms. The van der Waals surface area contributed by atoms with Gasteiger partial charge in [0.25, 0.3) is 0 Å². The Hall–Kier alpha value is -0.570. The van der Waals surface area contributed by atoms with Crippen molar-refractivity contribution >= 4 is 11.8 Å². The van der Waals surface area contributed by atoms with Crippen molar-refractivity contribution in [2.75, 3.05) is 6.26 Å². The lowest BCUT2D eigenvalue weighted by atomic mass is 10.1. The second kappa shape index (κ2) is 4.45. The SMILES string of the molecule is CCc1cncc(F)c1CSC. The number of aromatic nitrogens is 1. The van der Waals surface area contributed by atoms with E-state index >= 15 is 0 Å². The maximum atomic E-state index is 13.1. The third-order valence-corrected chi connectivity index (χ3v) is 2.34. The molecule has 0 amide bonds. The lowest BCUT2D eigenvalue weighted by molar-refractivity contribution is 0.607. The smallest absolute Gasteiger partial charge is 0.145 e. The first-order valence-electron chi connectivity index (χ1n) is 3.89. The topological polar surface area (TPSA) is 12.9 Å². The van der Waals surface area contributed by atoms with Gasteiger partial charge in [-0.05, 0) is 18.2 Å². The van der Waals surface area contributed by atoms with Crippen molar-refractivity contribution in [3.63, 3.8) is 0 Å². The van der Waals surface area contributed by atoms with Gasteiger partial charge in [-0.1, -0.05) is 6.92 Å². The van der Waals surface area contributed by atoms with Crippen LogP contribution in [0, 0.1) is 5.82 Å². The van der Waals surface area contributed by atoms with Crippen molar-refractivity contribution in [3.05, 3.63) is 29.3 Å². The van der Waals surface area contributed by atoms with Crippen LogP contribution in [0.5, 0.6) is 0 Å². The number of pyridine rings is 1. The molecule has 1 aromatic heterocycles. The predicted molar refractivity (Wildman–Crippen MR) is 50.8 cm³/mol. The van der Waals surface area contributed by atoms with Crippen LogP contribution in [0.4, 0.5) is 4.39 Å². The number of halogens is 1. The summed E-state index contributed by atoms with van der Waals surface area (Å²) < 4.78 is 13.1. The summed E-state index contributed by atoms with van der Waals surface area (Å²) in [6, 6.07) is 0. The number of aryl methyl sites for hydroxylation is 1. The maximum Gasteiger partial charge on any atom is 0.145 e. The van der Waals surface area contributed by atoms with Crippen LogP contribution in [0.3, 0.4) is 0 Å². The summed E-state index contributed by atoms with van der Waals surface area (Å²) >= 11 is 1.63. The molecule has 0 radical (unpaired) electrons. The lowest BCUT2D eigenvalue weighted by Crippen LogP contribution is -1.96. The first-order chi connectivity index (χ1) is 5.79. The Kier molecular flexibility index (Phi) is 3.53. The molecule has 1 heterocycles. The highest BCUT2D eigenvalue weighted by Gasteiger charge is 2.05. The van der Waals surface area contributed by atoms with Crippen molar-refractivity contribution < 1.29 is 4.39 Å². The monoisotopic (exact) mass is 185 g/mol. The van der Waals surface area contributed by atoms with Crippen molar-refractivity contribution in [3.8, 4) is 0 Å². The van der Waals surface area contributed by atoms with Gasteiger partial charge in [-0.2, -0.15) is 11.8 Å². The Morgan fingerprint density at radius 1 is 1.50 bits per heavy atom. The third-order valence-electron chi connectivity index (χ3n) is 1.76. The summed E-state index contributed by atoms with van der Waals surface area (Å²) in [5.74, 6) is 0.557. The summed E-state index contributed by atoms with van der Waals surface area (Å²) in [6.45, 7) is 2.01. The van der Waals surface area contributed by atoms with E-state index in [0.717, 1.165) is 23.3 Å². The van der Waals surface area contributed by atoms with Gasteiger partial charge in [0.15, 0.2) is 0 Å². The van der Waals surface area contributed by atoms with E-state index < -0.39 is 0 Å². The van der Waals surface area contributed by atoms with Crippen LogP contribution in [0.25, 0.3) is 0 Å². The Bertz CT molecular complexity index is 263. The molecule has 0 fully saturated rings. The van der Waals surface area contributed by atoms with E-state index in [1.54, 1.807) is 18.0 Å². The summed E-state index contributed by atoms with van der Waals surface area (Å²) in [4.78, 5) is 3.81. The highest BCUT2D eigenvalue weighted by Crippen LogP contribution is 2.17. The summed E-state index contributed by atoms with van der Waals surface area (Å²) in [5.41, 5.74) is 1.82. The van der Waals surface area contributed by atoms with E-state index in [2.05, 4.69) is 4.98 Å². The lowest BCUT2D eigenvalue weighted by Gasteiger charge is -2.05. The summed E-state index contributed by atoms with van der Waals surface area (Å²) in [5, 5.41) is 0. The molecular formula is C9H12FNS. The van der Waals surface area contributed by atoms with E-state index in [-0.39, 0.29) is 5.82 Å². The average Bonchev–Trinajstić information content (AvgIpc) is 2.09. The third kappa shape index (κ3) is 1.97. The molecule has 0 aliphatic carbocycles. The van der Waals surface area contributed by atoms with Gasteiger partial charge in [0, 0.05) is 17.5 Å². The standard InChI is InChI=1S/C9H12FNS/c1-3-7-4-11-5-9(10)8(7)6-12-2/h4-5H,3,6H2,1-2H3. The van der Waals surface area contributed by atoms with E-state index in [0.29, 0.717) is 0 Å². The second-order valence-corrected chi connectivity index (χ2v) is 3.41. The van der Waals surface area contributed by atoms with Crippen LogP contribution in [0.1, 0.15) is 18.1 Å². The molecule has 3 heteroatoms. The number of hydrogen-bond acceptors (Lipinski definition) is 2. The molecule has 0 aliphatic rings. The molecule has 0 N–H and O–H groups in total. The molecule has 0 spiro atoms. The first kappa shape index (κ1) is 9.52. The molecule has 0 saturated carbocycles. The van der Waals surface area contributed by atoms with Crippen molar-refractivity contribution in [1.29, 1.82) is 0 Å². The predicted octanol–water partition coefficient (Wildman–Crippen LogP) is 2.65. The quantitative estimate of drug-likeness (QED) is 0.718. The van der Waals surface area contributed by atoms with Crippen LogP contribution in [-0.2, 0) is 12.2 Å². The fraction of sp³-hybridized carbons (Fsp3) is 0.444. The second-order valence-electron chi connectivity index (χ2n) is 2.55. The number of thioether (sulfide) groups is 1. The zero-order valence-electron chi connectivity index (χ0n) is 7.30. The van der Waals surface area contributed by atoms with E-state index in [1.165, 1.54) is 6.20 Å². The number of hydrogen-bond donors (Lipinski definition) is 0. The highest BCUT2D eigenvalue weighted by atomic mass is 32.2. The van der Waals surface area contributed by atoms with Gasteiger partial charge in [-0.15, -0.1) is 0 Å². The van der Waals surface area contributed by atoms with E-state index in [1.807, 2.05) is 13.2 Å². The maximum absolute atomic E-state index is 13.1. The molecule has 1 rings (SSSR count). The van der Waals surface area contributed by atoms with Crippen LogP contribution < -0.4 is 0 Å². The van der Waals surface area contributed by atoms with E-state index in [9.17, 15) is 4.39 Å². The molecule has 0 bridgehead atoms. The molecule has 66 valence electrons. The minimum atomic E-state index is -0.177. The normalized spacial score (nSPS) is 10.2. The first-order valence-corrected chi connectivity index (χ1v) is 5.29. The highest BCUT2D eigenvalue weighted by molar-refractivity contribution is 7.97. The number of nitrogens with zero attached hydrogens (tertiary/aromatic N) is 1. The van der Waals surface area contributed by atoms with Crippen LogP contribution >= 0.6 is 11.8 Å². The van der Waals surface area contributed by atoms with Crippen LogP contribution in [0.2, 0.25) is 0 Å². The van der Waals surface area contributed by atoms with Gasteiger partial charge in [0.2, 0.25) is 0 Å². The van der Waals surface area contributed by atoms with Crippen LogP contribution in [-0.4, -0.2) is 11.2 Å². The van der Waals surface area contributed by atoms with Crippen LogP contribution in [0.15, 0.2) is 12.4 Å². The van der Waals surface area contributed by atoms with Gasteiger partial charge in [-0.3, -0.25) is 4.98 Å². The molecule has 0 aliphatic heterocycles. The molecule has 0 aromatic carbocycles. The van der Waals surface area contributed by atoms with Crippen molar-refractivity contribution in [1.82, 2.24) is 4.98 Å². The van der Waals surface area contributed by atoms with Gasteiger partial charge in [0.05, 0.1) is 6.20 Å². The summed E-state index contributed by atoms with van der Waals surface area (Å²) in [6.07, 6.45) is 5.85. The zero-order valence-corrected chi connectivity index (χ0v) is 8.12. The van der Waals surface area contributed by atoms with Gasteiger partial charge >= 0.3 is 0 Å². The van der Waals surface area contributed by atoms with Crippen molar-refractivity contribution in [2.45, 2.75) is 19.1 Å². The molecule has 1 nitrogen and oxygen atoms in total. The fourth-order valence-corrected chi connectivity index (χ4v) is 1.72.